The first-order chi connectivity index (χ1) is 12.7. The molecule has 1 atom stereocenters. The minimum atomic E-state index is -0.554. The Hall–Kier alpha value is -2.44. The zero-order chi connectivity index (χ0) is 18.5. The zero-order valence-corrected chi connectivity index (χ0v) is 15.6. The van der Waals surface area contributed by atoms with E-state index in [1.807, 2.05) is 17.0 Å². The number of rotatable bonds is 5. The summed E-state index contributed by atoms with van der Waals surface area (Å²) in [6.07, 6.45) is 4.36. The molecule has 0 unspecified atom stereocenters. The van der Waals surface area contributed by atoms with Gasteiger partial charge in [-0.05, 0) is 25.0 Å². The van der Waals surface area contributed by atoms with Gasteiger partial charge in [-0.1, -0.05) is 18.0 Å². The van der Waals surface area contributed by atoms with Crippen LogP contribution in [0.4, 0.5) is 0 Å². The molecule has 7 heteroatoms. The second-order valence-electron chi connectivity index (χ2n) is 6.49. The standard InChI is InChI=1S/C19H26N2O5/c1-23-15-10-13(11-16(24-2)18(15)25-3)14-12-17(26-20-14)19(22)21-8-6-4-5-7-9-21/h10-11,17H,4-9,12H2,1-3H3/t17-/m0/s1. The van der Waals surface area contributed by atoms with Crippen LogP contribution in [0.2, 0.25) is 0 Å². The molecule has 1 aromatic rings. The molecule has 0 N–H and O–H groups in total. The van der Waals surface area contributed by atoms with Gasteiger partial charge < -0.3 is 23.9 Å². The van der Waals surface area contributed by atoms with Crippen molar-refractivity contribution in [3.8, 4) is 17.2 Å². The highest BCUT2D eigenvalue weighted by molar-refractivity contribution is 6.04. The molecule has 0 spiro atoms. The Balaban J connectivity index is 1.74. The van der Waals surface area contributed by atoms with Crippen LogP contribution >= 0.6 is 0 Å². The summed E-state index contributed by atoms with van der Waals surface area (Å²) >= 11 is 0. The van der Waals surface area contributed by atoms with Crippen molar-refractivity contribution in [2.24, 2.45) is 5.16 Å². The van der Waals surface area contributed by atoms with Gasteiger partial charge in [0.25, 0.3) is 5.91 Å². The maximum Gasteiger partial charge on any atom is 0.266 e. The zero-order valence-electron chi connectivity index (χ0n) is 15.6. The molecule has 1 aromatic carbocycles. The van der Waals surface area contributed by atoms with E-state index < -0.39 is 6.10 Å². The lowest BCUT2D eigenvalue weighted by Crippen LogP contribution is -2.39. The number of methoxy groups -OCH3 is 3. The molecule has 7 nitrogen and oxygen atoms in total. The van der Waals surface area contributed by atoms with E-state index >= 15 is 0 Å². The van der Waals surface area contributed by atoms with Crippen molar-refractivity contribution in [2.75, 3.05) is 34.4 Å². The van der Waals surface area contributed by atoms with Crippen LogP contribution in [0.3, 0.4) is 0 Å². The summed E-state index contributed by atoms with van der Waals surface area (Å²) < 4.78 is 16.1. The number of carbonyl (C=O) groups is 1. The van der Waals surface area contributed by atoms with Crippen molar-refractivity contribution < 1.29 is 23.8 Å². The van der Waals surface area contributed by atoms with Gasteiger partial charge in [-0.25, -0.2) is 0 Å². The molecule has 2 aliphatic rings. The summed E-state index contributed by atoms with van der Waals surface area (Å²) in [6.45, 7) is 1.61. The second kappa shape index (κ2) is 8.29. The monoisotopic (exact) mass is 362 g/mol. The quantitative estimate of drug-likeness (QED) is 0.805. The SMILES string of the molecule is COc1cc(C2=NO[C@H](C(=O)N3CCCCCC3)C2)cc(OC)c1OC. The van der Waals surface area contributed by atoms with Crippen LogP contribution in [0.15, 0.2) is 17.3 Å². The maximum atomic E-state index is 12.7. The number of hydrogen-bond donors (Lipinski definition) is 0. The fourth-order valence-corrected chi connectivity index (χ4v) is 3.42. The van der Waals surface area contributed by atoms with Gasteiger partial charge in [-0.15, -0.1) is 0 Å². The summed E-state index contributed by atoms with van der Waals surface area (Å²) in [7, 11) is 4.70. The highest BCUT2D eigenvalue weighted by Gasteiger charge is 2.33. The van der Waals surface area contributed by atoms with E-state index in [0.29, 0.717) is 29.4 Å². The number of oxime groups is 1. The van der Waals surface area contributed by atoms with Crippen LogP contribution in [0.1, 0.15) is 37.7 Å². The molecule has 0 radical (unpaired) electrons. The molecule has 0 aromatic heterocycles. The third kappa shape index (κ3) is 3.71. The van der Waals surface area contributed by atoms with Crippen molar-refractivity contribution >= 4 is 11.6 Å². The first kappa shape index (κ1) is 18.4. The molecule has 3 rings (SSSR count). The molecule has 2 heterocycles. The molecule has 2 aliphatic heterocycles. The maximum absolute atomic E-state index is 12.7. The van der Waals surface area contributed by atoms with Gasteiger partial charge in [0.2, 0.25) is 11.9 Å². The highest BCUT2D eigenvalue weighted by atomic mass is 16.6. The molecule has 26 heavy (non-hydrogen) atoms. The summed E-state index contributed by atoms with van der Waals surface area (Å²) in [4.78, 5) is 20.1. The first-order valence-corrected chi connectivity index (χ1v) is 8.99. The van der Waals surface area contributed by atoms with Crippen molar-refractivity contribution in [1.82, 2.24) is 4.90 Å². The smallest absolute Gasteiger partial charge is 0.266 e. The number of nitrogens with zero attached hydrogens (tertiary/aromatic N) is 2. The van der Waals surface area contributed by atoms with Gasteiger partial charge in [0.1, 0.15) is 0 Å². The number of benzene rings is 1. The van der Waals surface area contributed by atoms with Crippen LogP contribution in [0, 0.1) is 0 Å². The van der Waals surface area contributed by atoms with E-state index in [4.69, 9.17) is 19.0 Å². The van der Waals surface area contributed by atoms with Crippen LogP contribution in [-0.4, -0.2) is 57.0 Å². The van der Waals surface area contributed by atoms with Gasteiger partial charge in [0.05, 0.1) is 27.0 Å². The predicted octanol–water partition coefficient (Wildman–Crippen LogP) is 2.61. The number of hydrogen-bond acceptors (Lipinski definition) is 6. The Morgan fingerprint density at radius 2 is 1.65 bits per heavy atom. The number of ether oxygens (including phenoxy) is 3. The molecule has 1 saturated heterocycles. The number of carbonyl (C=O) groups excluding carboxylic acids is 1. The van der Waals surface area contributed by atoms with E-state index in [2.05, 4.69) is 5.16 Å². The minimum absolute atomic E-state index is 0.0260. The molecule has 0 saturated carbocycles. The Kier molecular flexibility index (Phi) is 5.85. The topological polar surface area (TPSA) is 69.6 Å². The lowest BCUT2D eigenvalue weighted by atomic mass is 10.0. The van der Waals surface area contributed by atoms with E-state index in [1.165, 1.54) is 12.8 Å². The molecule has 142 valence electrons. The Morgan fingerprint density at radius 1 is 1.04 bits per heavy atom. The van der Waals surface area contributed by atoms with Gasteiger partial charge in [-0.3, -0.25) is 4.79 Å². The van der Waals surface area contributed by atoms with Crippen LogP contribution < -0.4 is 14.2 Å². The van der Waals surface area contributed by atoms with Gasteiger partial charge >= 0.3 is 0 Å². The Labute approximate surface area is 153 Å². The molecular weight excluding hydrogens is 336 g/mol. The average molecular weight is 362 g/mol. The fraction of sp³-hybridized carbons (Fsp3) is 0.579. The summed E-state index contributed by atoms with van der Waals surface area (Å²) in [5, 5.41) is 4.15. The third-order valence-electron chi connectivity index (χ3n) is 4.86. The minimum Gasteiger partial charge on any atom is -0.493 e. The van der Waals surface area contributed by atoms with Crippen LogP contribution in [0.25, 0.3) is 0 Å². The summed E-state index contributed by atoms with van der Waals surface area (Å²) in [5.74, 6) is 1.65. The van der Waals surface area contributed by atoms with E-state index in [1.54, 1.807) is 21.3 Å². The highest BCUT2D eigenvalue weighted by Crippen LogP contribution is 2.39. The second-order valence-corrected chi connectivity index (χ2v) is 6.49. The van der Waals surface area contributed by atoms with Gasteiger partial charge in [-0.2, -0.15) is 0 Å². The van der Waals surface area contributed by atoms with E-state index in [0.717, 1.165) is 31.5 Å². The predicted molar refractivity (Wildman–Crippen MR) is 97.2 cm³/mol. The summed E-state index contributed by atoms with van der Waals surface area (Å²) in [5.41, 5.74) is 1.50. The lowest BCUT2D eigenvalue weighted by Gasteiger charge is -2.22. The largest absolute Gasteiger partial charge is 0.493 e. The van der Waals surface area contributed by atoms with Crippen LogP contribution in [0.5, 0.6) is 17.2 Å². The normalized spacial score (nSPS) is 20.0. The van der Waals surface area contributed by atoms with E-state index in [-0.39, 0.29) is 5.91 Å². The van der Waals surface area contributed by atoms with Gasteiger partial charge in [0, 0.05) is 25.1 Å². The number of amides is 1. The van der Waals surface area contributed by atoms with Crippen molar-refractivity contribution in [3.05, 3.63) is 17.7 Å². The average Bonchev–Trinajstić information content (AvgIpc) is 3.01. The number of likely N-dealkylation sites (tertiary alicyclic amines) is 1. The molecule has 0 bridgehead atoms. The van der Waals surface area contributed by atoms with Crippen molar-refractivity contribution in [1.29, 1.82) is 0 Å². The first-order valence-electron chi connectivity index (χ1n) is 8.99. The summed E-state index contributed by atoms with van der Waals surface area (Å²) in [6, 6.07) is 3.64. The molecular formula is C19H26N2O5. The third-order valence-corrected chi connectivity index (χ3v) is 4.86. The fourth-order valence-electron chi connectivity index (χ4n) is 3.42. The molecule has 1 fully saturated rings. The van der Waals surface area contributed by atoms with Crippen LogP contribution in [-0.2, 0) is 9.63 Å². The van der Waals surface area contributed by atoms with Crippen molar-refractivity contribution in [3.63, 3.8) is 0 Å². The van der Waals surface area contributed by atoms with Crippen molar-refractivity contribution in [2.45, 2.75) is 38.2 Å². The molecule has 1 amide bonds. The Morgan fingerprint density at radius 3 is 2.19 bits per heavy atom. The van der Waals surface area contributed by atoms with E-state index in [9.17, 15) is 4.79 Å². The molecule has 0 aliphatic carbocycles. The lowest BCUT2D eigenvalue weighted by molar-refractivity contribution is -0.142. The van der Waals surface area contributed by atoms with Gasteiger partial charge in [0.15, 0.2) is 11.5 Å². The Bertz CT molecular complexity index is 656.